The highest BCUT2D eigenvalue weighted by atomic mass is 35.5. The van der Waals surface area contributed by atoms with Crippen LogP contribution >= 0.6 is 11.6 Å². The van der Waals surface area contributed by atoms with E-state index in [2.05, 4.69) is 10.7 Å². The number of rotatable bonds is 6. The Labute approximate surface area is 180 Å². The molecule has 0 aromatic heterocycles. The number of sulfonamides is 1. The monoisotopic (exact) mass is 457 g/mol. The Bertz CT molecular complexity index is 946. The van der Waals surface area contributed by atoms with Gasteiger partial charge in [0.15, 0.2) is 0 Å². The first-order valence-corrected chi connectivity index (χ1v) is 11.3. The maximum Gasteiger partial charge on any atom is 0.344 e. The van der Waals surface area contributed by atoms with Crippen LogP contribution in [-0.4, -0.2) is 78.7 Å². The zero-order valence-electron chi connectivity index (χ0n) is 16.7. The molecule has 3 rings (SSSR count). The third-order valence-corrected chi connectivity index (χ3v) is 7.52. The minimum absolute atomic E-state index is 0.0608. The minimum atomic E-state index is -3.64. The summed E-state index contributed by atoms with van der Waals surface area (Å²) in [5, 5.41) is 3.71. The molecule has 164 valence electrons. The number of nitrogens with zero attached hydrogens (tertiary/aromatic N) is 3. The summed E-state index contributed by atoms with van der Waals surface area (Å²) < 4.78 is 26.8. The largest absolute Gasteiger partial charge is 0.344 e. The summed E-state index contributed by atoms with van der Waals surface area (Å²) in [4.78, 5) is 38.6. The number of benzene rings is 1. The molecule has 0 spiro atoms. The van der Waals surface area contributed by atoms with E-state index in [1.165, 1.54) is 28.6 Å². The van der Waals surface area contributed by atoms with Crippen LogP contribution in [0.3, 0.4) is 0 Å². The molecule has 10 nitrogen and oxygen atoms in total. The molecule has 12 heteroatoms. The van der Waals surface area contributed by atoms with E-state index in [1.807, 2.05) is 0 Å². The second-order valence-corrected chi connectivity index (χ2v) is 9.80. The van der Waals surface area contributed by atoms with Gasteiger partial charge in [0.2, 0.25) is 10.0 Å². The van der Waals surface area contributed by atoms with Crippen molar-refractivity contribution in [1.29, 1.82) is 0 Å². The van der Waals surface area contributed by atoms with E-state index in [0.29, 0.717) is 29.5 Å². The molecule has 0 saturated carbocycles. The quantitative estimate of drug-likeness (QED) is 0.597. The van der Waals surface area contributed by atoms with Crippen molar-refractivity contribution in [3.63, 3.8) is 0 Å². The predicted molar refractivity (Wildman–Crippen MR) is 109 cm³/mol. The average Bonchev–Trinajstić information content (AvgIpc) is 2.92. The second-order valence-electron chi connectivity index (χ2n) is 7.43. The second kappa shape index (κ2) is 8.50. The number of nitrogens with one attached hydrogen (secondary N) is 2. The van der Waals surface area contributed by atoms with Gasteiger partial charge >= 0.3 is 6.03 Å². The van der Waals surface area contributed by atoms with Crippen LogP contribution in [0.2, 0.25) is 5.02 Å². The average molecular weight is 458 g/mol. The molecule has 2 aliphatic rings. The van der Waals surface area contributed by atoms with Gasteiger partial charge in [-0.25, -0.2) is 13.2 Å². The summed E-state index contributed by atoms with van der Waals surface area (Å²) in [7, 11) is -3.64. The molecule has 2 heterocycles. The zero-order chi connectivity index (χ0) is 22.1. The fourth-order valence-electron chi connectivity index (χ4n) is 3.27. The van der Waals surface area contributed by atoms with Crippen molar-refractivity contribution in [2.45, 2.75) is 30.7 Å². The van der Waals surface area contributed by atoms with Crippen LogP contribution in [0.15, 0.2) is 29.2 Å². The fourth-order valence-corrected chi connectivity index (χ4v) is 4.82. The molecule has 2 N–H and O–H groups in total. The third-order valence-electron chi connectivity index (χ3n) is 5.35. The molecule has 2 saturated heterocycles. The van der Waals surface area contributed by atoms with Gasteiger partial charge in [0.05, 0.1) is 11.4 Å². The number of piperazine rings is 1. The van der Waals surface area contributed by atoms with Crippen LogP contribution in [-0.2, 0) is 19.6 Å². The predicted octanol–water partition coefficient (Wildman–Crippen LogP) is 0.398. The van der Waals surface area contributed by atoms with E-state index < -0.39 is 33.4 Å². The van der Waals surface area contributed by atoms with E-state index >= 15 is 0 Å². The minimum Gasteiger partial charge on any atom is -0.322 e. The summed E-state index contributed by atoms with van der Waals surface area (Å²) in [6.07, 6.45) is 0.397. The number of halogens is 1. The van der Waals surface area contributed by atoms with Crippen molar-refractivity contribution in [3.8, 4) is 0 Å². The third kappa shape index (κ3) is 4.43. The van der Waals surface area contributed by atoms with Gasteiger partial charge in [-0.2, -0.15) is 9.31 Å². The molecule has 0 radical (unpaired) electrons. The van der Waals surface area contributed by atoms with Crippen molar-refractivity contribution in [1.82, 2.24) is 25.0 Å². The number of hydrazine groups is 1. The van der Waals surface area contributed by atoms with Crippen LogP contribution in [0.4, 0.5) is 4.79 Å². The molecule has 0 bridgehead atoms. The molecule has 1 aromatic rings. The van der Waals surface area contributed by atoms with Crippen molar-refractivity contribution in [3.05, 3.63) is 29.3 Å². The summed E-state index contributed by atoms with van der Waals surface area (Å²) in [6, 6.07) is 5.29. The molecular weight excluding hydrogens is 434 g/mol. The van der Waals surface area contributed by atoms with Crippen molar-refractivity contribution in [2.75, 3.05) is 32.7 Å². The van der Waals surface area contributed by atoms with E-state index in [1.54, 1.807) is 18.7 Å². The molecule has 2 fully saturated rings. The van der Waals surface area contributed by atoms with Gasteiger partial charge in [0, 0.05) is 31.2 Å². The van der Waals surface area contributed by atoms with Crippen LogP contribution in [0, 0.1) is 0 Å². The SMILES string of the molecule is CCC1(C)NC(=O)N(NC(=O)CN2CCN(S(=O)(=O)c3ccc(Cl)cc3)CC2)C1=O. The lowest BCUT2D eigenvalue weighted by molar-refractivity contribution is -0.139. The molecule has 1 atom stereocenters. The maximum absolute atomic E-state index is 12.7. The first-order valence-electron chi connectivity index (χ1n) is 9.51. The van der Waals surface area contributed by atoms with E-state index in [-0.39, 0.29) is 24.5 Å². The summed E-state index contributed by atoms with van der Waals surface area (Å²) in [5.74, 6) is -1.03. The molecule has 1 aromatic carbocycles. The fraction of sp³-hybridized carbons (Fsp3) is 0.500. The highest BCUT2D eigenvalue weighted by Gasteiger charge is 2.47. The van der Waals surface area contributed by atoms with E-state index in [4.69, 9.17) is 11.6 Å². The van der Waals surface area contributed by atoms with Crippen LogP contribution < -0.4 is 10.7 Å². The van der Waals surface area contributed by atoms with Crippen LogP contribution in [0.1, 0.15) is 20.3 Å². The Hall–Kier alpha value is -2.21. The van der Waals surface area contributed by atoms with Crippen molar-refractivity contribution in [2.24, 2.45) is 0 Å². The van der Waals surface area contributed by atoms with Crippen LogP contribution in [0.5, 0.6) is 0 Å². The molecule has 1 unspecified atom stereocenters. The molecule has 0 aliphatic carbocycles. The molecule has 2 aliphatic heterocycles. The van der Waals surface area contributed by atoms with Crippen molar-refractivity contribution < 1.29 is 22.8 Å². The molecule has 4 amide bonds. The number of hydrogen-bond acceptors (Lipinski definition) is 6. The number of amides is 4. The normalized spacial score (nSPS) is 23.5. The van der Waals surface area contributed by atoms with Gasteiger partial charge in [-0.05, 0) is 37.6 Å². The Morgan fingerprint density at radius 3 is 2.30 bits per heavy atom. The number of urea groups is 1. The van der Waals surface area contributed by atoms with Crippen molar-refractivity contribution >= 4 is 39.5 Å². The number of hydrogen-bond donors (Lipinski definition) is 2. The Morgan fingerprint density at radius 2 is 1.77 bits per heavy atom. The van der Waals surface area contributed by atoms with Gasteiger partial charge in [0.1, 0.15) is 5.54 Å². The topological polar surface area (TPSA) is 119 Å². The molecule has 30 heavy (non-hydrogen) atoms. The molecular formula is C18H24ClN5O5S. The lowest BCUT2D eigenvalue weighted by atomic mass is 10.00. The summed E-state index contributed by atoms with van der Waals surface area (Å²) >= 11 is 5.82. The number of carbonyl (C=O) groups excluding carboxylic acids is 3. The highest BCUT2D eigenvalue weighted by molar-refractivity contribution is 7.89. The van der Waals surface area contributed by atoms with E-state index in [9.17, 15) is 22.8 Å². The highest BCUT2D eigenvalue weighted by Crippen LogP contribution is 2.21. The van der Waals surface area contributed by atoms with E-state index in [0.717, 1.165) is 0 Å². The summed E-state index contributed by atoms with van der Waals surface area (Å²) in [6.45, 7) is 4.42. The van der Waals surface area contributed by atoms with Gasteiger partial charge in [-0.3, -0.25) is 19.9 Å². The summed E-state index contributed by atoms with van der Waals surface area (Å²) in [5.41, 5.74) is 1.30. The Balaban J connectivity index is 1.53. The van der Waals surface area contributed by atoms with Gasteiger partial charge in [-0.15, -0.1) is 0 Å². The smallest absolute Gasteiger partial charge is 0.322 e. The van der Waals surface area contributed by atoms with Gasteiger partial charge in [0.25, 0.3) is 11.8 Å². The first-order chi connectivity index (χ1) is 14.1. The maximum atomic E-state index is 12.7. The zero-order valence-corrected chi connectivity index (χ0v) is 18.3. The standard InChI is InChI=1S/C18H24ClN5O5S/c1-3-18(2)16(26)24(17(27)20-18)21-15(25)12-22-8-10-23(11-9-22)30(28,29)14-6-4-13(19)5-7-14/h4-7H,3,8-12H2,1-2H3,(H,20,27)(H,21,25). The van der Waals surface area contributed by atoms with Crippen LogP contribution in [0.25, 0.3) is 0 Å². The first kappa shape index (κ1) is 22.5. The number of imide groups is 1. The lowest BCUT2D eigenvalue weighted by Crippen LogP contribution is -2.54. The Kier molecular flexibility index (Phi) is 6.37. The lowest BCUT2D eigenvalue weighted by Gasteiger charge is -2.33. The number of carbonyl (C=O) groups is 3. The van der Waals surface area contributed by atoms with Gasteiger partial charge < -0.3 is 5.32 Å². The van der Waals surface area contributed by atoms with Gasteiger partial charge in [-0.1, -0.05) is 18.5 Å². The Morgan fingerprint density at radius 1 is 1.17 bits per heavy atom.